The van der Waals surface area contributed by atoms with Crippen LogP contribution in [0, 0.1) is 0 Å². The summed E-state index contributed by atoms with van der Waals surface area (Å²) in [7, 11) is 0. The van der Waals surface area contributed by atoms with E-state index in [0.29, 0.717) is 18.1 Å². The molecule has 0 atom stereocenters. The summed E-state index contributed by atoms with van der Waals surface area (Å²) in [5.74, 6) is 0.321. The van der Waals surface area contributed by atoms with Crippen molar-refractivity contribution in [2.45, 2.75) is 13.8 Å². The van der Waals surface area contributed by atoms with Gasteiger partial charge in [0.05, 0.1) is 0 Å². The van der Waals surface area contributed by atoms with Crippen molar-refractivity contribution < 1.29 is 4.79 Å². The Morgan fingerprint density at radius 2 is 1.92 bits per heavy atom. The minimum absolute atomic E-state index is 0.269. The van der Waals surface area contributed by atoms with Crippen LogP contribution in [0.3, 0.4) is 0 Å². The van der Waals surface area contributed by atoms with Gasteiger partial charge in [0.1, 0.15) is 17.8 Å². The SMILES string of the molecule is C=CCNc1cc(C(=O)Nc2ccc(N(CC)CC)cc2)ncn1. The van der Waals surface area contributed by atoms with Crippen molar-refractivity contribution in [3.63, 3.8) is 0 Å². The molecule has 0 fully saturated rings. The lowest BCUT2D eigenvalue weighted by molar-refractivity contribution is 0.102. The molecule has 0 aliphatic rings. The Morgan fingerprint density at radius 3 is 2.54 bits per heavy atom. The fourth-order valence-electron chi connectivity index (χ4n) is 2.29. The summed E-state index contributed by atoms with van der Waals surface area (Å²) < 4.78 is 0. The van der Waals surface area contributed by atoms with E-state index >= 15 is 0 Å². The van der Waals surface area contributed by atoms with Crippen LogP contribution >= 0.6 is 0 Å². The molecule has 0 radical (unpaired) electrons. The van der Waals surface area contributed by atoms with Crippen molar-refractivity contribution in [2.24, 2.45) is 0 Å². The lowest BCUT2D eigenvalue weighted by Crippen LogP contribution is -2.21. The predicted octanol–water partition coefficient (Wildman–Crippen LogP) is 3.17. The maximum Gasteiger partial charge on any atom is 0.274 e. The summed E-state index contributed by atoms with van der Waals surface area (Å²) in [4.78, 5) is 22.6. The van der Waals surface area contributed by atoms with E-state index in [4.69, 9.17) is 0 Å². The Hall–Kier alpha value is -2.89. The highest BCUT2D eigenvalue weighted by Crippen LogP contribution is 2.18. The molecule has 0 spiro atoms. The summed E-state index contributed by atoms with van der Waals surface area (Å²) in [6, 6.07) is 9.40. The van der Waals surface area contributed by atoms with Gasteiger partial charge in [0.25, 0.3) is 5.91 Å². The molecule has 1 aromatic carbocycles. The van der Waals surface area contributed by atoms with Crippen LogP contribution < -0.4 is 15.5 Å². The predicted molar refractivity (Wildman–Crippen MR) is 98.7 cm³/mol. The third-order valence-corrected chi connectivity index (χ3v) is 3.58. The van der Waals surface area contributed by atoms with E-state index < -0.39 is 0 Å². The maximum absolute atomic E-state index is 12.3. The molecule has 24 heavy (non-hydrogen) atoms. The third kappa shape index (κ3) is 4.55. The molecule has 2 N–H and O–H groups in total. The van der Waals surface area contributed by atoms with Gasteiger partial charge in [-0.3, -0.25) is 4.79 Å². The average molecular weight is 325 g/mol. The number of hydrogen-bond acceptors (Lipinski definition) is 5. The highest BCUT2D eigenvalue weighted by Gasteiger charge is 2.09. The number of nitrogens with one attached hydrogen (secondary N) is 2. The van der Waals surface area contributed by atoms with Gasteiger partial charge in [-0.2, -0.15) is 0 Å². The Balaban J connectivity index is 2.05. The zero-order chi connectivity index (χ0) is 17.4. The van der Waals surface area contributed by atoms with Gasteiger partial charge >= 0.3 is 0 Å². The number of amides is 1. The number of hydrogen-bond donors (Lipinski definition) is 2. The average Bonchev–Trinajstić information content (AvgIpc) is 2.62. The lowest BCUT2D eigenvalue weighted by Gasteiger charge is -2.21. The lowest BCUT2D eigenvalue weighted by atomic mass is 10.2. The second-order valence-electron chi connectivity index (χ2n) is 5.13. The molecule has 0 aliphatic carbocycles. The zero-order valence-electron chi connectivity index (χ0n) is 14.1. The van der Waals surface area contributed by atoms with Crippen LogP contribution in [0.25, 0.3) is 0 Å². The van der Waals surface area contributed by atoms with Crippen molar-refractivity contribution in [2.75, 3.05) is 35.2 Å². The van der Waals surface area contributed by atoms with Gasteiger partial charge in [0, 0.05) is 37.1 Å². The van der Waals surface area contributed by atoms with Crippen molar-refractivity contribution in [1.82, 2.24) is 9.97 Å². The molecule has 126 valence electrons. The van der Waals surface area contributed by atoms with Gasteiger partial charge in [-0.05, 0) is 38.1 Å². The first-order valence-electron chi connectivity index (χ1n) is 8.01. The van der Waals surface area contributed by atoms with E-state index in [9.17, 15) is 4.79 Å². The number of carbonyl (C=O) groups is 1. The number of anilines is 3. The molecule has 6 nitrogen and oxygen atoms in total. The van der Waals surface area contributed by atoms with Crippen LogP contribution in [0.15, 0.2) is 49.3 Å². The largest absolute Gasteiger partial charge is 0.372 e. The minimum Gasteiger partial charge on any atom is -0.372 e. The Bertz CT molecular complexity index is 680. The molecular weight excluding hydrogens is 302 g/mol. The number of benzene rings is 1. The quantitative estimate of drug-likeness (QED) is 0.730. The van der Waals surface area contributed by atoms with Crippen LogP contribution in [0.2, 0.25) is 0 Å². The van der Waals surface area contributed by atoms with Crippen LogP contribution in [-0.4, -0.2) is 35.5 Å². The van der Waals surface area contributed by atoms with Crippen LogP contribution in [0.4, 0.5) is 17.2 Å². The summed E-state index contributed by atoms with van der Waals surface area (Å²) in [5, 5.41) is 5.88. The molecule has 0 saturated heterocycles. The van der Waals surface area contributed by atoms with Crippen molar-refractivity contribution >= 4 is 23.1 Å². The molecular formula is C18H23N5O. The first-order chi connectivity index (χ1) is 11.7. The molecule has 1 amide bonds. The molecule has 2 aromatic rings. The normalized spacial score (nSPS) is 10.1. The Labute approximate surface area is 142 Å². The molecule has 0 unspecified atom stereocenters. The molecule has 2 rings (SSSR count). The highest BCUT2D eigenvalue weighted by molar-refractivity contribution is 6.03. The van der Waals surface area contributed by atoms with Crippen LogP contribution in [0.5, 0.6) is 0 Å². The highest BCUT2D eigenvalue weighted by atomic mass is 16.1. The topological polar surface area (TPSA) is 70.2 Å². The van der Waals surface area contributed by atoms with E-state index in [1.54, 1.807) is 12.1 Å². The number of aromatic nitrogens is 2. The summed E-state index contributed by atoms with van der Waals surface area (Å²) in [6.07, 6.45) is 3.09. The van der Waals surface area contributed by atoms with Gasteiger partial charge < -0.3 is 15.5 Å². The van der Waals surface area contributed by atoms with E-state index in [0.717, 1.165) is 24.5 Å². The standard InChI is InChI=1S/C18H23N5O/c1-4-11-19-17-12-16(20-13-21-17)18(24)22-14-7-9-15(10-8-14)23(5-2)6-3/h4,7-10,12-13H,1,5-6,11H2,2-3H3,(H,22,24)(H,19,20,21). The summed E-state index contributed by atoms with van der Waals surface area (Å²) >= 11 is 0. The van der Waals surface area contributed by atoms with E-state index in [1.165, 1.54) is 6.33 Å². The molecule has 0 aliphatic heterocycles. The zero-order valence-corrected chi connectivity index (χ0v) is 14.1. The van der Waals surface area contributed by atoms with Gasteiger partial charge in [-0.1, -0.05) is 6.08 Å². The number of rotatable bonds is 8. The van der Waals surface area contributed by atoms with Crippen LogP contribution in [-0.2, 0) is 0 Å². The summed E-state index contributed by atoms with van der Waals surface area (Å²) in [5.41, 5.74) is 2.18. The third-order valence-electron chi connectivity index (χ3n) is 3.58. The second-order valence-corrected chi connectivity index (χ2v) is 5.13. The Kier molecular flexibility index (Phi) is 6.31. The minimum atomic E-state index is -0.269. The van der Waals surface area contributed by atoms with Crippen LogP contribution in [0.1, 0.15) is 24.3 Å². The molecule has 0 bridgehead atoms. The fourth-order valence-corrected chi connectivity index (χ4v) is 2.29. The number of nitrogens with zero attached hydrogens (tertiary/aromatic N) is 3. The maximum atomic E-state index is 12.3. The first-order valence-corrected chi connectivity index (χ1v) is 8.01. The molecule has 0 saturated carbocycles. The van der Waals surface area contributed by atoms with Crippen molar-refractivity contribution in [3.8, 4) is 0 Å². The number of carbonyl (C=O) groups excluding carboxylic acids is 1. The van der Waals surface area contributed by atoms with Gasteiger partial charge in [-0.25, -0.2) is 9.97 Å². The van der Waals surface area contributed by atoms with E-state index in [1.807, 2.05) is 24.3 Å². The van der Waals surface area contributed by atoms with Gasteiger partial charge in [-0.15, -0.1) is 6.58 Å². The van der Waals surface area contributed by atoms with Crippen molar-refractivity contribution in [1.29, 1.82) is 0 Å². The smallest absolute Gasteiger partial charge is 0.274 e. The first kappa shape index (κ1) is 17.5. The van der Waals surface area contributed by atoms with E-state index in [2.05, 4.69) is 45.9 Å². The van der Waals surface area contributed by atoms with Gasteiger partial charge in [0.15, 0.2) is 0 Å². The molecule has 6 heteroatoms. The monoisotopic (exact) mass is 325 g/mol. The molecule has 1 heterocycles. The molecule has 1 aromatic heterocycles. The fraction of sp³-hybridized carbons (Fsp3) is 0.278. The van der Waals surface area contributed by atoms with E-state index in [-0.39, 0.29) is 5.91 Å². The van der Waals surface area contributed by atoms with Crippen molar-refractivity contribution in [3.05, 3.63) is 55.0 Å². The second kappa shape index (κ2) is 8.67. The summed E-state index contributed by atoms with van der Waals surface area (Å²) in [6.45, 7) is 10.3. The Morgan fingerprint density at radius 1 is 1.21 bits per heavy atom. The van der Waals surface area contributed by atoms with Gasteiger partial charge in [0.2, 0.25) is 0 Å².